The fraction of sp³-hybridized carbons (Fsp3) is 0.353. The molecule has 0 saturated heterocycles. The molecule has 0 radical (unpaired) electrons. The molecule has 3 heteroatoms. The van der Waals surface area contributed by atoms with Crippen LogP contribution >= 0.6 is 0 Å². The highest BCUT2D eigenvalue weighted by Crippen LogP contribution is 2.32. The van der Waals surface area contributed by atoms with Crippen molar-refractivity contribution in [2.75, 3.05) is 0 Å². The SMILES string of the molecule is CC[C@H](C)C=C(C)C=Cc1cc(O)c(C)c(O)c1C=O. The Bertz CT molecular complexity index is 554. The van der Waals surface area contributed by atoms with Gasteiger partial charge >= 0.3 is 0 Å². The number of hydrogen-bond acceptors (Lipinski definition) is 3. The summed E-state index contributed by atoms with van der Waals surface area (Å²) in [6, 6.07) is 1.49. The number of rotatable bonds is 5. The van der Waals surface area contributed by atoms with E-state index in [0.29, 0.717) is 23.3 Å². The van der Waals surface area contributed by atoms with Gasteiger partial charge in [-0.15, -0.1) is 0 Å². The monoisotopic (exact) mass is 274 g/mol. The third-order valence-electron chi connectivity index (χ3n) is 3.43. The van der Waals surface area contributed by atoms with Crippen LogP contribution in [0.5, 0.6) is 11.5 Å². The molecule has 0 aromatic heterocycles. The van der Waals surface area contributed by atoms with Crippen LogP contribution in [0.15, 0.2) is 23.8 Å². The Morgan fingerprint density at radius 3 is 2.60 bits per heavy atom. The number of phenolic OH excluding ortho intramolecular Hbond substituents is 2. The molecule has 0 heterocycles. The minimum atomic E-state index is -0.164. The van der Waals surface area contributed by atoms with Gasteiger partial charge in [0.05, 0.1) is 5.56 Å². The summed E-state index contributed by atoms with van der Waals surface area (Å²) < 4.78 is 0. The van der Waals surface area contributed by atoms with E-state index in [9.17, 15) is 15.0 Å². The molecule has 108 valence electrons. The smallest absolute Gasteiger partial charge is 0.154 e. The van der Waals surface area contributed by atoms with E-state index in [0.717, 1.165) is 12.0 Å². The first-order chi connectivity index (χ1) is 9.40. The van der Waals surface area contributed by atoms with Crippen LogP contribution in [0.3, 0.4) is 0 Å². The van der Waals surface area contributed by atoms with Crippen LogP contribution in [0, 0.1) is 12.8 Å². The van der Waals surface area contributed by atoms with Crippen molar-refractivity contribution < 1.29 is 15.0 Å². The maximum atomic E-state index is 11.1. The van der Waals surface area contributed by atoms with Gasteiger partial charge in [0.2, 0.25) is 0 Å². The van der Waals surface area contributed by atoms with Gasteiger partial charge in [0.1, 0.15) is 11.5 Å². The molecule has 1 rings (SSSR count). The van der Waals surface area contributed by atoms with E-state index in [-0.39, 0.29) is 17.1 Å². The Hall–Kier alpha value is -2.03. The summed E-state index contributed by atoms with van der Waals surface area (Å²) in [7, 11) is 0. The molecule has 0 aliphatic rings. The van der Waals surface area contributed by atoms with Crippen LogP contribution in [0.25, 0.3) is 6.08 Å². The van der Waals surface area contributed by atoms with Gasteiger partial charge in [0.25, 0.3) is 0 Å². The van der Waals surface area contributed by atoms with Crippen LogP contribution in [0.4, 0.5) is 0 Å². The fourth-order valence-electron chi connectivity index (χ4n) is 1.90. The summed E-state index contributed by atoms with van der Waals surface area (Å²) in [5, 5.41) is 19.6. The van der Waals surface area contributed by atoms with Gasteiger partial charge in [-0.2, -0.15) is 0 Å². The van der Waals surface area contributed by atoms with Crippen molar-refractivity contribution in [2.45, 2.75) is 34.1 Å². The Labute approximate surface area is 120 Å². The number of aldehydes is 1. The average molecular weight is 274 g/mol. The lowest BCUT2D eigenvalue weighted by Gasteiger charge is -2.08. The minimum Gasteiger partial charge on any atom is -0.508 e. The number of aromatic hydroxyl groups is 2. The Morgan fingerprint density at radius 1 is 1.40 bits per heavy atom. The molecule has 3 nitrogen and oxygen atoms in total. The number of carbonyl (C=O) groups excluding carboxylic acids is 1. The normalized spacial score (nSPS) is 13.7. The van der Waals surface area contributed by atoms with Crippen molar-refractivity contribution >= 4 is 12.4 Å². The average Bonchev–Trinajstić information content (AvgIpc) is 2.42. The maximum Gasteiger partial charge on any atom is 0.154 e. The highest BCUT2D eigenvalue weighted by atomic mass is 16.3. The fourth-order valence-corrected chi connectivity index (χ4v) is 1.90. The zero-order valence-corrected chi connectivity index (χ0v) is 12.5. The summed E-state index contributed by atoms with van der Waals surface area (Å²) >= 11 is 0. The molecule has 0 fully saturated rings. The van der Waals surface area contributed by atoms with Crippen LogP contribution in [0.2, 0.25) is 0 Å². The molecule has 0 aliphatic heterocycles. The Balaban J connectivity index is 3.16. The van der Waals surface area contributed by atoms with Crippen LogP contribution in [-0.2, 0) is 0 Å². The quantitative estimate of drug-likeness (QED) is 0.624. The highest BCUT2D eigenvalue weighted by Gasteiger charge is 2.12. The number of allylic oxidation sites excluding steroid dienone is 3. The maximum absolute atomic E-state index is 11.1. The van der Waals surface area contributed by atoms with Crippen LogP contribution < -0.4 is 0 Å². The van der Waals surface area contributed by atoms with Crippen molar-refractivity contribution in [3.05, 3.63) is 40.5 Å². The third-order valence-corrected chi connectivity index (χ3v) is 3.43. The van der Waals surface area contributed by atoms with Gasteiger partial charge in [0, 0.05) is 5.56 Å². The number of phenols is 2. The summed E-state index contributed by atoms with van der Waals surface area (Å²) in [6.07, 6.45) is 7.43. The van der Waals surface area contributed by atoms with Gasteiger partial charge in [-0.1, -0.05) is 44.1 Å². The number of benzene rings is 1. The zero-order valence-electron chi connectivity index (χ0n) is 12.5. The molecule has 1 atom stereocenters. The van der Waals surface area contributed by atoms with E-state index in [1.807, 2.05) is 13.0 Å². The Kier molecular flexibility index (Phi) is 5.56. The summed E-state index contributed by atoms with van der Waals surface area (Å²) in [5.41, 5.74) is 2.11. The molecule has 0 bridgehead atoms. The standard InChI is InChI=1S/C17H22O3/c1-5-11(2)8-12(3)6-7-14-9-16(19)13(4)17(20)15(14)10-18/h6-11,19-20H,5H2,1-4H3/t11-/m0/s1. The van der Waals surface area contributed by atoms with E-state index in [2.05, 4.69) is 19.9 Å². The molecule has 1 aromatic carbocycles. The molecule has 0 spiro atoms. The highest BCUT2D eigenvalue weighted by molar-refractivity contribution is 5.87. The second-order valence-electron chi connectivity index (χ2n) is 5.12. The second-order valence-corrected chi connectivity index (χ2v) is 5.12. The lowest BCUT2D eigenvalue weighted by atomic mass is 10.0. The first-order valence-corrected chi connectivity index (χ1v) is 6.77. The van der Waals surface area contributed by atoms with Crippen molar-refractivity contribution in [1.29, 1.82) is 0 Å². The van der Waals surface area contributed by atoms with E-state index < -0.39 is 0 Å². The molecule has 1 aromatic rings. The van der Waals surface area contributed by atoms with Crippen LogP contribution in [-0.4, -0.2) is 16.5 Å². The number of hydrogen-bond donors (Lipinski definition) is 2. The molecule has 0 aliphatic carbocycles. The predicted molar refractivity (Wildman–Crippen MR) is 82.1 cm³/mol. The second kappa shape index (κ2) is 6.94. The molecule has 0 saturated carbocycles. The molecular weight excluding hydrogens is 252 g/mol. The van der Waals surface area contributed by atoms with Crippen molar-refractivity contribution in [1.82, 2.24) is 0 Å². The van der Waals surface area contributed by atoms with Gasteiger partial charge in [-0.25, -0.2) is 0 Å². The first kappa shape index (κ1) is 16.0. The van der Waals surface area contributed by atoms with E-state index in [4.69, 9.17) is 0 Å². The molecular formula is C17H22O3. The lowest BCUT2D eigenvalue weighted by Crippen LogP contribution is -1.91. The molecule has 20 heavy (non-hydrogen) atoms. The lowest BCUT2D eigenvalue weighted by molar-refractivity contribution is 0.112. The van der Waals surface area contributed by atoms with E-state index in [1.54, 1.807) is 13.0 Å². The van der Waals surface area contributed by atoms with Crippen LogP contribution in [0.1, 0.15) is 48.7 Å². The summed E-state index contributed by atoms with van der Waals surface area (Å²) in [5.74, 6) is 0.310. The predicted octanol–water partition coefficient (Wildman–Crippen LogP) is 4.22. The first-order valence-electron chi connectivity index (χ1n) is 6.77. The minimum absolute atomic E-state index is 0.0173. The van der Waals surface area contributed by atoms with Crippen molar-refractivity contribution in [3.8, 4) is 11.5 Å². The summed E-state index contributed by atoms with van der Waals surface area (Å²) in [6.45, 7) is 7.81. The zero-order chi connectivity index (χ0) is 15.3. The topological polar surface area (TPSA) is 57.5 Å². The van der Waals surface area contributed by atoms with Crippen molar-refractivity contribution in [3.63, 3.8) is 0 Å². The van der Waals surface area contributed by atoms with E-state index >= 15 is 0 Å². The van der Waals surface area contributed by atoms with E-state index in [1.165, 1.54) is 6.07 Å². The molecule has 2 N–H and O–H groups in total. The largest absolute Gasteiger partial charge is 0.508 e. The molecule has 0 unspecified atom stereocenters. The number of carbonyl (C=O) groups is 1. The third kappa shape index (κ3) is 3.73. The molecule has 0 amide bonds. The summed E-state index contributed by atoms with van der Waals surface area (Å²) in [4.78, 5) is 11.1. The van der Waals surface area contributed by atoms with Gasteiger partial charge in [0.15, 0.2) is 6.29 Å². The van der Waals surface area contributed by atoms with Gasteiger partial charge in [-0.05, 0) is 31.4 Å². The van der Waals surface area contributed by atoms with Gasteiger partial charge < -0.3 is 10.2 Å². The Morgan fingerprint density at radius 2 is 2.05 bits per heavy atom. The van der Waals surface area contributed by atoms with Gasteiger partial charge in [-0.3, -0.25) is 4.79 Å². The van der Waals surface area contributed by atoms with Crippen molar-refractivity contribution in [2.24, 2.45) is 5.92 Å².